The fourth-order valence-electron chi connectivity index (χ4n) is 2.10. The first-order chi connectivity index (χ1) is 6.84. The fraction of sp³-hybridized carbons (Fsp3) is 0.455. The summed E-state index contributed by atoms with van der Waals surface area (Å²) in [5.74, 6) is 0. The van der Waals surface area contributed by atoms with Crippen molar-refractivity contribution in [3.63, 3.8) is 0 Å². The van der Waals surface area contributed by atoms with Crippen LogP contribution in [-0.2, 0) is 0 Å². The van der Waals surface area contributed by atoms with Gasteiger partial charge in [0.1, 0.15) is 0 Å². The van der Waals surface area contributed by atoms with Crippen LogP contribution in [0.4, 0.5) is 11.4 Å². The Hall–Kier alpha value is -0.450. The molecule has 2 nitrogen and oxygen atoms in total. The Kier molecular flexibility index (Phi) is 2.08. The van der Waals surface area contributed by atoms with Crippen molar-refractivity contribution in [3.05, 3.63) is 21.8 Å². The van der Waals surface area contributed by atoms with Crippen LogP contribution in [0.25, 0.3) is 0 Å². The van der Waals surface area contributed by atoms with Crippen molar-refractivity contribution < 1.29 is 0 Å². The van der Waals surface area contributed by atoms with Crippen molar-refractivity contribution in [2.75, 3.05) is 23.3 Å². The third-order valence-electron chi connectivity index (χ3n) is 2.92. The smallest absolute Gasteiger partial charge is 0.0605 e. The van der Waals surface area contributed by atoms with Crippen molar-refractivity contribution in [2.24, 2.45) is 0 Å². The molecule has 14 heavy (non-hydrogen) atoms. The second-order valence-electron chi connectivity index (χ2n) is 4.01. The predicted octanol–water partition coefficient (Wildman–Crippen LogP) is 2.69. The van der Waals surface area contributed by atoms with Gasteiger partial charge >= 0.3 is 0 Å². The zero-order valence-corrected chi connectivity index (χ0v) is 10.1. The van der Waals surface area contributed by atoms with E-state index >= 15 is 0 Å². The van der Waals surface area contributed by atoms with E-state index in [0.717, 1.165) is 19.1 Å². The van der Waals surface area contributed by atoms with Crippen molar-refractivity contribution in [1.29, 1.82) is 0 Å². The first kappa shape index (κ1) is 8.83. The van der Waals surface area contributed by atoms with Gasteiger partial charge in [-0.1, -0.05) is 0 Å². The second kappa shape index (κ2) is 3.29. The highest BCUT2D eigenvalue weighted by Gasteiger charge is 2.31. The van der Waals surface area contributed by atoms with E-state index in [0.29, 0.717) is 0 Å². The summed E-state index contributed by atoms with van der Waals surface area (Å²) in [5, 5.41) is 3.47. The maximum atomic E-state index is 3.47. The Morgan fingerprint density at radius 2 is 2.21 bits per heavy atom. The lowest BCUT2D eigenvalue weighted by Gasteiger charge is -2.32. The number of nitrogens with zero attached hydrogens (tertiary/aromatic N) is 1. The van der Waals surface area contributed by atoms with E-state index in [1.165, 1.54) is 27.8 Å². The lowest BCUT2D eigenvalue weighted by molar-refractivity contribution is 0.782. The average molecular weight is 300 g/mol. The fourth-order valence-corrected chi connectivity index (χ4v) is 2.59. The standard InChI is InChI=1S/C11H13IN2/c12-8-1-4-11-10(7-8)13-5-6-14(11)9-2-3-9/h1,4,7,9,13H,2-3,5-6H2. The van der Waals surface area contributed by atoms with Crippen LogP contribution < -0.4 is 10.2 Å². The minimum absolute atomic E-state index is 0.830. The lowest BCUT2D eigenvalue weighted by Crippen LogP contribution is -2.35. The zero-order chi connectivity index (χ0) is 9.54. The molecule has 3 heteroatoms. The van der Waals surface area contributed by atoms with E-state index in [1.54, 1.807) is 0 Å². The van der Waals surface area contributed by atoms with Crippen molar-refractivity contribution in [3.8, 4) is 0 Å². The quantitative estimate of drug-likeness (QED) is 0.802. The maximum Gasteiger partial charge on any atom is 0.0605 e. The van der Waals surface area contributed by atoms with Gasteiger partial charge in [-0.05, 0) is 53.6 Å². The third kappa shape index (κ3) is 1.47. The molecule has 1 aromatic carbocycles. The molecule has 0 spiro atoms. The summed E-state index contributed by atoms with van der Waals surface area (Å²) in [5.41, 5.74) is 2.72. The molecule has 1 heterocycles. The van der Waals surface area contributed by atoms with E-state index in [4.69, 9.17) is 0 Å². The van der Waals surface area contributed by atoms with Crippen LogP contribution in [-0.4, -0.2) is 19.1 Å². The van der Waals surface area contributed by atoms with Crippen LogP contribution in [0.15, 0.2) is 18.2 Å². The van der Waals surface area contributed by atoms with Crippen LogP contribution >= 0.6 is 22.6 Å². The summed E-state index contributed by atoms with van der Waals surface area (Å²) in [6.45, 7) is 2.25. The maximum absolute atomic E-state index is 3.47. The van der Waals surface area contributed by atoms with Gasteiger partial charge in [-0.2, -0.15) is 0 Å². The summed E-state index contributed by atoms with van der Waals surface area (Å²) in [6, 6.07) is 7.52. The molecule has 1 aliphatic carbocycles. The number of anilines is 2. The van der Waals surface area contributed by atoms with Gasteiger partial charge in [-0.25, -0.2) is 0 Å². The molecule has 0 amide bonds. The highest BCUT2D eigenvalue weighted by molar-refractivity contribution is 14.1. The molecular formula is C11H13IN2. The van der Waals surface area contributed by atoms with Gasteiger partial charge in [0.25, 0.3) is 0 Å². The monoisotopic (exact) mass is 300 g/mol. The van der Waals surface area contributed by atoms with Crippen LogP contribution in [0.5, 0.6) is 0 Å². The minimum Gasteiger partial charge on any atom is -0.382 e. The number of fused-ring (bicyclic) bond motifs is 1. The van der Waals surface area contributed by atoms with Crippen LogP contribution in [0.3, 0.4) is 0 Å². The summed E-state index contributed by atoms with van der Waals surface area (Å²) in [4.78, 5) is 2.56. The van der Waals surface area contributed by atoms with Gasteiger partial charge < -0.3 is 10.2 Å². The molecule has 1 aromatic rings. The third-order valence-corrected chi connectivity index (χ3v) is 3.59. The molecule has 0 aromatic heterocycles. The molecule has 0 atom stereocenters. The first-order valence-corrected chi connectivity index (χ1v) is 6.22. The lowest BCUT2D eigenvalue weighted by atomic mass is 10.2. The zero-order valence-electron chi connectivity index (χ0n) is 7.96. The van der Waals surface area contributed by atoms with Crippen LogP contribution in [0.2, 0.25) is 0 Å². The molecule has 3 rings (SSSR count). The Balaban J connectivity index is 2.01. The van der Waals surface area contributed by atoms with Crippen LogP contribution in [0.1, 0.15) is 12.8 Å². The Morgan fingerprint density at radius 3 is 3.00 bits per heavy atom. The van der Waals surface area contributed by atoms with Gasteiger partial charge in [0.15, 0.2) is 0 Å². The number of hydrogen-bond donors (Lipinski definition) is 1. The Labute approximate surface area is 97.8 Å². The van der Waals surface area contributed by atoms with E-state index in [2.05, 4.69) is 51.0 Å². The van der Waals surface area contributed by atoms with Crippen molar-refractivity contribution in [1.82, 2.24) is 0 Å². The molecule has 0 saturated heterocycles. The Morgan fingerprint density at radius 1 is 1.36 bits per heavy atom. The largest absolute Gasteiger partial charge is 0.382 e. The molecular weight excluding hydrogens is 287 g/mol. The second-order valence-corrected chi connectivity index (χ2v) is 5.26. The normalized spacial score (nSPS) is 20.2. The molecule has 0 radical (unpaired) electrons. The van der Waals surface area contributed by atoms with Crippen molar-refractivity contribution in [2.45, 2.75) is 18.9 Å². The number of hydrogen-bond acceptors (Lipinski definition) is 2. The molecule has 1 aliphatic heterocycles. The number of benzene rings is 1. The van der Waals surface area contributed by atoms with Gasteiger partial charge in [0.05, 0.1) is 11.4 Å². The molecule has 74 valence electrons. The van der Waals surface area contributed by atoms with E-state index in [9.17, 15) is 0 Å². The highest BCUT2D eigenvalue weighted by atomic mass is 127. The van der Waals surface area contributed by atoms with Gasteiger partial charge in [-0.15, -0.1) is 0 Å². The summed E-state index contributed by atoms with van der Waals surface area (Å²) in [6.07, 6.45) is 2.76. The molecule has 0 unspecified atom stereocenters. The molecule has 1 N–H and O–H groups in total. The molecule has 0 bridgehead atoms. The van der Waals surface area contributed by atoms with Crippen molar-refractivity contribution >= 4 is 34.0 Å². The highest BCUT2D eigenvalue weighted by Crippen LogP contribution is 2.38. The topological polar surface area (TPSA) is 15.3 Å². The van der Waals surface area contributed by atoms with Gasteiger partial charge in [0, 0.05) is 22.7 Å². The first-order valence-electron chi connectivity index (χ1n) is 5.15. The molecule has 1 fully saturated rings. The summed E-state index contributed by atoms with van der Waals surface area (Å²) < 4.78 is 1.31. The van der Waals surface area contributed by atoms with Gasteiger partial charge in [-0.3, -0.25) is 0 Å². The van der Waals surface area contributed by atoms with E-state index < -0.39 is 0 Å². The van der Waals surface area contributed by atoms with E-state index in [1.807, 2.05) is 0 Å². The summed E-state index contributed by atoms with van der Waals surface area (Å²) in [7, 11) is 0. The number of nitrogens with one attached hydrogen (secondary N) is 1. The van der Waals surface area contributed by atoms with Gasteiger partial charge in [0.2, 0.25) is 0 Å². The number of halogens is 1. The SMILES string of the molecule is Ic1ccc2c(c1)NCCN2C1CC1. The average Bonchev–Trinajstić information content (AvgIpc) is 2.99. The Bertz CT molecular complexity index is 360. The predicted molar refractivity (Wildman–Crippen MR) is 68.0 cm³/mol. The molecule has 1 saturated carbocycles. The van der Waals surface area contributed by atoms with Crippen LogP contribution in [0, 0.1) is 3.57 Å². The van der Waals surface area contributed by atoms with E-state index in [-0.39, 0.29) is 0 Å². The molecule has 2 aliphatic rings. The minimum atomic E-state index is 0.830. The summed E-state index contributed by atoms with van der Waals surface area (Å²) >= 11 is 2.37. The number of rotatable bonds is 1.